The largest absolute Gasteiger partial charge is 0.478 e. The Bertz CT molecular complexity index is 845. The molecule has 1 N–H and O–H groups in total. The fraction of sp³-hybridized carbons (Fsp3) is 0.0952. The van der Waals surface area contributed by atoms with Crippen molar-refractivity contribution in [3.8, 4) is 17.2 Å². The fourth-order valence-corrected chi connectivity index (χ4v) is 2.52. The number of ether oxygens (including phenoxy) is 2. The highest BCUT2D eigenvalue weighted by molar-refractivity contribution is 6.30. The maximum Gasteiger partial charge on any atom is 0.345 e. The highest BCUT2D eigenvalue weighted by Gasteiger charge is 2.20. The van der Waals surface area contributed by atoms with Crippen LogP contribution in [0.4, 0.5) is 0 Å². The molecule has 1 atom stereocenters. The summed E-state index contributed by atoms with van der Waals surface area (Å²) in [7, 11) is 0. The molecule has 5 heteroatoms. The van der Waals surface area contributed by atoms with Crippen LogP contribution in [0.5, 0.6) is 17.2 Å². The van der Waals surface area contributed by atoms with E-state index in [0.717, 1.165) is 11.3 Å². The summed E-state index contributed by atoms with van der Waals surface area (Å²) in [4.78, 5) is 11.5. The van der Waals surface area contributed by atoms with E-state index in [2.05, 4.69) is 0 Å². The van der Waals surface area contributed by atoms with Crippen LogP contribution < -0.4 is 9.47 Å². The summed E-state index contributed by atoms with van der Waals surface area (Å²) in [5.41, 5.74) is 0.840. The molecule has 0 aliphatic rings. The van der Waals surface area contributed by atoms with E-state index < -0.39 is 12.1 Å². The van der Waals surface area contributed by atoms with E-state index in [1.165, 1.54) is 0 Å². The topological polar surface area (TPSA) is 55.8 Å². The maximum atomic E-state index is 11.5. The van der Waals surface area contributed by atoms with Gasteiger partial charge in [0, 0.05) is 11.4 Å². The molecule has 0 radical (unpaired) electrons. The molecule has 0 saturated carbocycles. The first kappa shape index (κ1) is 17.8. The first-order chi connectivity index (χ1) is 12.6. The Balaban J connectivity index is 1.65. The van der Waals surface area contributed by atoms with Gasteiger partial charge in [-0.05, 0) is 54.1 Å². The predicted octanol–water partition coefficient (Wildman–Crippen LogP) is 5.21. The smallest absolute Gasteiger partial charge is 0.345 e. The van der Waals surface area contributed by atoms with Gasteiger partial charge in [0.15, 0.2) is 6.10 Å². The van der Waals surface area contributed by atoms with Crippen LogP contribution >= 0.6 is 11.6 Å². The van der Waals surface area contributed by atoms with E-state index in [1.54, 1.807) is 24.3 Å². The first-order valence-corrected chi connectivity index (χ1v) is 8.45. The lowest BCUT2D eigenvalue weighted by Crippen LogP contribution is -2.29. The quantitative estimate of drug-likeness (QED) is 0.622. The average molecular weight is 369 g/mol. The summed E-state index contributed by atoms with van der Waals surface area (Å²) >= 11 is 5.83. The van der Waals surface area contributed by atoms with Crippen molar-refractivity contribution in [3.05, 3.63) is 89.4 Å². The van der Waals surface area contributed by atoms with Crippen LogP contribution in [-0.2, 0) is 11.2 Å². The summed E-state index contributed by atoms with van der Waals surface area (Å²) in [6, 6.07) is 23.4. The van der Waals surface area contributed by atoms with Gasteiger partial charge in [-0.25, -0.2) is 4.79 Å². The van der Waals surface area contributed by atoms with Crippen molar-refractivity contribution in [3.63, 3.8) is 0 Å². The molecule has 0 aliphatic carbocycles. The Morgan fingerprint density at radius 2 is 1.42 bits per heavy atom. The Hall–Kier alpha value is -2.98. The summed E-state index contributed by atoms with van der Waals surface area (Å²) in [6.45, 7) is 0. The van der Waals surface area contributed by atoms with Crippen molar-refractivity contribution in [2.24, 2.45) is 0 Å². The lowest BCUT2D eigenvalue weighted by molar-refractivity contribution is -0.145. The van der Waals surface area contributed by atoms with Gasteiger partial charge in [0.05, 0.1) is 0 Å². The van der Waals surface area contributed by atoms with Gasteiger partial charge in [0.2, 0.25) is 0 Å². The van der Waals surface area contributed by atoms with Crippen LogP contribution in [0.1, 0.15) is 5.56 Å². The molecule has 0 heterocycles. The number of carboxylic acids is 1. The molecule has 0 aliphatic heterocycles. The number of rotatable bonds is 7. The van der Waals surface area contributed by atoms with Crippen molar-refractivity contribution in [1.82, 2.24) is 0 Å². The van der Waals surface area contributed by atoms with Crippen molar-refractivity contribution in [1.29, 1.82) is 0 Å². The fourth-order valence-electron chi connectivity index (χ4n) is 2.39. The molecule has 132 valence electrons. The zero-order valence-corrected chi connectivity index (χ0v) is 14.6. The van der Waals surface area contributed by atoms with Crippen molar-refractivity contribution < 1.29 is 19.4 Å². The number of hydrogen-bond donors (Lipinski definition) is 1. The number of carbonyl (C=O) groups is 1. The minimum absolute atomic E-state index is 0.240. The molecule has 0 amide bonds. The Morgan fingerprint density at radius 1 is 0.846 bits per heavy atom. The van der Waals surface area contributed by atoms with Crippen LogP contribution in [0.2, 0.25) is 5.02 Å². The van der Waals surface area contributed by atoms with Gasteiger partial charge in [0.1, 0.15) is 17.2 Å². The summed E-state index contributed by atoms with van der Waals surface area (Å²) in [5, 5.41) is 9.99. The molecule has 4 nitrogen and oxygen atoms in total. The third-order valence-electron chi connectivity index (χ3n) is 3.69. The SMILES string of the molecule is O=C(O)[C@H](Cc1ccc(Oc2ccccc2)cc1)Oc1ccc(Cl)cc1. The van der Waals surface area contributed by atoms with Gasteiger partial charge < -0.3 is 14.6 Å². The molecule has 0 bridgehead atoms. The number of hydrogen-bond acceptors (Lipinski definition) is 3. The van der Waals surface area contributed by atoms with E-state index >= 15 is 0 Å². The monoisotopic (exact) mass is 368 g/mol. The van der Waals surface area contributed by atoms with Gasteiger partial charge in [-0.2, -0.15) is 0 Å². The van der Waals surface area contributed by atoms with E-state index in [0.29, 0.717) is 16.5 Å². The molecule has 0 spiro atoms. The van der Waals surface area contributed by atoms with Gasteiger partial charge in [-0.15, -0.1) is 0 Å². The standard InChI is InChI=1S/C21H17ClO4/c22-16-8-12-19(13-9-16)26-20(21(23)24)14-15-6-10-18(11-7-15)25-17-4-2-1-3-5-17/h1-13,20H,14H2,(H,23,24)/t20-/m0/s1. The third-order valence-corrected chi connectivity index (χ3v) is 3.94. The van der Waals surface area contributed by atoms with Crippen LogP contribution in [0.25, 0.3) is 0 Å². The summed E-state index contributed by atoms with van der Waals surface area (Å²) < 4.78 is 11.3. The summed E-state index contributed by atoms with van der Waals surface area (Å²) in [5.74, 6) is 0.871. The van der Waals surface area contributed by atoms with E-state index in [9.17, 15) is 9.90 Å². The van der Waals surface area contributed by atoms with Crippen LogP contribution in [0.15, 0.2) is 78.9 Å². The first-order valence-electron chi connectivity index (χ1n) is 8.07. The van der Waals surface area contributed by atoms with Gasteiger partial charge in [0.25, 0.3) is 0 Å². The highest BCUT2D eigenvalue weighted by Crippen LogP contribution is 2.22. The Morgan fingerprint density at radius 3 is 2.04 bits per heavy atom. The Labute approximate surface area is 156 Å². The average Bonchev–Trinajstić information content (AvgIpc) is 2.65. The predicted molar refractivity (Wildman–Crippen MR) is 100 cm³/mol. The minimum atomic E-state index is -1.02. The second-order valence-electron chi connectivity index (χ2n) is 5.66. The lowest BCUT2D eigenvalue weighted by atomic mass is 10.1. The van der Waals surface area contributed by atoms with Crippen LogP contribution in [-0.4, -0.2) is 17.2 Å². The van der Waals surface area contributed by atoms with Crippen molar-refractivity contribution >= 4 is 17.6 Å². The maximum absolute atomic E-state index is 11.5. The van der Waals surface area contributed by atoms with Crippen LogP contribution in [0.3, 0.4) is 0 Å². The Kier molecular flexibility index (Phi) is 5.77. The van der Waals surface area contributed by atoms with E-state index in [1.807, 2.05) is 54.6 Å². The number of carboxylic acid groups (broad SMARTS) is 1. The third kappa shape index (κ3) is 5.01. The molecule has 0 saturated heterocycles. The van der Waals surface area contributed by atoms with E-state index in [4.69, 9.17) is 21.1 Å². The number of benzene rings is 3. The van der Waals surface area contributed by atoms with Gasteiger partial charge in [-0.1, -0.05) is 41.9 Å². The molecule has 3 aromatic carbocycles. The molecule has 0 fully saturated rings. The van der Waals surface area contributed by atoms with Gasteiger partial charge in [-0.3, -0.25) is 0 Å². The molecule has 26 heavy (non-hydrogen) atoms. The summed E-state index contributed by atoms with van der Waals surface area (Å²) in [6.07, 6.45) is -0.749. The second kappa shape index (κ2) is 8.41. The highest BCUT2D eigenvalue weighted by atomic mass is 35.5. The minimum Gasteiger partial charge on any atom is -0.478 e. The molecule has 3 rings (SSSR count). The molecular formula is C21H17ClO4. The molecule has 0 aromatic heterocycles. The van der Waals surface area contributed by atoms with E-state index in [-0.39, 0.29) is 6.42 Å². The zero-order chi connectivity index (χ0) is 18.4. The van der Waals surface area contributed by atoms with Crippen LogP contribution in [0, 0.1) is 0 Å². The second-order valence-corrected chi connectivity index (χ2v) is 6.10. The number of aliphatic carboxylic acids is 1. The van der Waals surface area contributed by atoms with Gasteiger partial charge >= 0.3 is 5.97 Å². The number of halogens is 1. The van der Waals surface area contributed by atoms with Crippen molar-refractivity contribution in [2.75, 3.05) is 0 Å². The lowest BCUT2D eigenvalue weighted by Gasteiger charge is -2.15. The molecular weight excluding hydrogens is 352 g/mol. The van der Waals surface area contributed by atoms with Crippen molar-refractivity contribution in [2.45, 2.75) is 12.5 Å². The normalized spacial score (nSPS) is 11.6. The molecule has 0 unspecified atom stereocenters. The zero-order valence-electron chi connectivity index (χ0n) is 13.8. The molecule has 3 aromatic rings. The number of para-hydroxylation sites is 1.